The van der Waals surface area contributed by atoms with Crippen LogP contribution in [0.1, 0.15) is 43.7 Å². The summed E-state index contributed by atoms with van der Waals surface area (Å²) in [4.78, 5) is 28.2. The van der Waals surface area contributed by atoms with Crippen LogP contribution in [0.15, 0.2) is 30.3 Å². The second-order valence-electron chi connectivity index (χ2n) is 6.75. The Morgan fingerprint density at radius 1 is 1.18 bits per heavy atom. The maximum absolute atomic E-state index is 12.8. The van der Waals surface area contributed by atoms with Crippen LogP contribution in [0.4, 0.5) is 0 Å². The van der Waals surface area contributed by atoms with Gasteiger partial charge in [-0.1, -0.05) is 49.6 Å². The molecular formula is C18H24N2O2. The molecule has 1 heterocycles. The van der Waals surface area contributed by atoms with Gasteiger partial charge < -0.3 is 9.80 Å². The third-order valence-electron chi connectivity index (χ3n) is 5.19. The summed E-state index contributed by atoms with van der Waals surface area (Å²) in [6, 6.07) is 10.3. The number of likely N-dealkylation sites (N-methyl/N-ethyl adjacent to an activating group) is 1. The number of β-lactam (4-membered cyclic amide) rings is 1. The summed E-state index contributed by atoms with van der Waals surface area (Å²) in [5.41, 5.74) is 0.905. The number of rotatable bonds is 3. The summed E-state index contributed by atoms with van der Waals surface area (Å²) in [5, 5.41) is 0. The predicted molar refractivity (Wildman–Crippen MR) is 85.1 cm³/mol. The van der Waals surface area contributed by atoms with Gasteiger partial charge in [0.2, 0.25) is 11.8 Å². The molecule has 4 heteroatoms. The van der Waals surface area contributed by atoms with Gasteiger partial charge in [0.25, 0.3) is 0 Å². The molecule has 4 nitrogen and oxygen atoms in total. The summed E-state index contributed by atoms with van der Waals surface area (Å²) in [7, 11) is 3.47. The summed E-state index contributed by atoms with van der Waals surface area (Å²) in [6.07, 6.45) is 5.36. The smallest absolute Gasteiger partial charge is 0.241 e. The minimum Gasteiger partial charge on any atom is -0.347 e. The van der Waals surface area contributed by atoms with Crippen LogP contribution < -0.4 is 0 Å². The van der Waals surface area contributed by atoms with E-state index in [1.807, 2.05) is 18.2 Å². The van der Waals surface area contributed by atoms with E-state index in [4.69, 9.17) is 0 Å². The molecule has 0 bridgehead atoms. The SMILES string of the molecule is CN(C)C(=O)CN1C(=O)C2(CCCCC2)C1c1ccccc1. The van der Waals surface area contributed by atoms with Crippen molar-refractivity contribution in [2.45, 2.75) is 38.1 Å². The number of carbonyl (C=O) groups is 2. The first kappa shape index (κ1) is 15.1. The highest BCUT2D eigenvalue weighted by molar-refractivity contribution is 5.94. The van der Waals surface area contributed by atoms with Gasteiger partial charge in [-0.05, 0) is 18.4 Å². The van der Waals surface area contributed by atoms with Crippen LogP contribution >= 0.6 is 0 Å². The summed E-state index contributed by atoms with van der Waals surface area (Å²) in [6.45, 7) is 0.188. The van der Waals surface area contributed by atoms with Gasteiger partial charge >= 0.3 is 0 Å². The monoisotopic (exact) mass is 300 g/mol. The number of hydrogen-bond donors (Lipinski definition) is 0. The van der Waals surface area contributed by atoms with Crippen LogP contribution in [-0.2, 0) is 9.59 Å². The quantitative estimate of drug-likeness (QED) is 0.805. The first-order valence-electron chi connectivity index (χ1n) is 8.12. The van der Waals surface area contributed by atoms with Crippen molar-refractivity contribution in [3.63, 3.8) is 0 Å². The van der Waals surface area contributed by atoms with E-state index < -0.39 is 0 Å². The number of benzene rings is 1. The van der Waals surface area contributed by atoms with Gasteiger partial charge in [-0.3, -0.25) is 9.59 Å². The topological polar surface area (TPSA) is 40.6 Å². The summed E-state index contributed by atoms with van der Waals surface area (Å²) >= 11 is 0. The largest absolute Gasteiger partial charge is 0.347 e. The van der Waals surface area contributed by atoms with Crippen LogP contribution in [0.3, 0.4) is 0 Å². The van der Waals surface area contributed by atoms with Crippen LogP contribution in [-0.4, -0.2) is 42.3 Å². The molecule has 1 aromatic carbocycles. The van der Waals surface area contributed by atoms with Crippen molar-refractivity contribution in [1.82, 2.24) is 9.80 Å². The maximum atomic E-state index is 12.8. The van der Waals surface area contributed by atoms with Crippen molar-refractivity contribution in [3.8, 4) is 0 Å². The Labute approximate surface area is 132 Å². The molecule has 1 aromatic rings. The molecule has 2 amide bonds. The molecule has 1 spiro atoms. The number of amides is 2. The lowest BCUT2D eigenvalue weighted by Gasteiger charge is -2.58. The van der Waals surface area contributed by atoms with E-state index in [0.29, 0.717) is 0 Å². The van der Waals surface area contributed by atoms with E-state index in [-0.39, 0.29) is 29.8 Å². The molecule has 22 heavy (non-hydrogen) atoms. The molecule has 3 rings (SSSR count). The zero-order chi connectivity index (χ0) is 15.7. The summed E-state index contributed by atoms with van der Waals surface area (Å²) in [5.74, 6) is 0.163. The molecule has 2 fully saturated rings. The standard InChI is InChI=1S/C18H24N2O2/c1-19(2)15(21)13-20-16(14-9-5-3-6-10-14)18(17(20)22)11-7-4-8-12-18/h3,5-6,9-10,16H,4,7-8,11-13H2,1-2H3. The maximum Gasteiger partial charge on any atom is 0.241 e. The van der Waals surface area contributed by atoms with Crippen molar-refractivity contribution in [2.75, 3.05) is 20.6 Å². The molecule has 1 saturated carbocycles. The highest BCUT2D eigenvalue weighted by Gasteiger charge is 2.60. The van der Waals surface area contributed by atoms with Crippen LogP contribution in [0.25, 0.3) is 0 Å². The van der Waals surface area contributed by atoms with Gasteiger partial charge in [0.1, 0.15) is 6.54 Å². The number of hydrogen-bond acceptors (Lipinski definition) is 2. The molecule has 1 aliphatic heterocycles. The lowest BCUT2D eigenvalue weighted by molar-refractivity contribution is -0.180. The zero-order valence-electron chi connectivity index (χ0n) is 13.4. The average Bonchev–Trinajstić information content (AvgIpc) is 2.55. The van der Waals surface area contributed by atoms with E-state index in [1.165, 1.54) is 6.42 Å². The van der Waals surface area contributed by atoms with Crippen LogP contribution in [0, 0.1) is 5.41 Å². The Morgan fingerprint density at radius 3 is 2.41 bits per heavy atom. The highest BCUT2D eigenvalue weighted by Crippen LogP contribution is 2.57. The Kier molecular flexibility index (Phi) is 3.94. The number of carbonyl (C=O) groups excluding carboxylic acids is 2. The van der Waals surface area contributed by atoms with E-state index in [2.05, 4.69) is 12.1 Å². The predicted octanol–water partition coefficient (Wildman–Crippen LogP) is 2.61. The molecule has 118 valence electrons. The Hall–Kier alpha value is -1.84. The molecule has 1 atom stereocenters. The lowest BCUT2D eigenvalue weighted by atomic mass is 9.60. The van der Waals surface area contributed by atoms with Crippen LogP contribution in [0.2, 0.25) is 0 Å². The third kappa shape index (κ3) is 2.31. The molecule has 1 saturated heterocycles. The molecule has 2 aliphatic rings. The molecule has 0 radical (unpaired) electrons. The first-order chi connectivity index (χ1) is 10.6. The Morgan fingerprint density at radius 2 is 1.82 bits per heavy atom. The van der Waals surface area contributed by atoms with Crippen molar-refractivity contribution in [3.05, 3.63) is 35.9 Å². The van der Waals surface area contributed by atoms with Crippen molar-refractivity contribution in [1.29, 1.82) is 0 Å². The lowest BCUT2D eigenvalue weighted by Crippen LogP contribution is -2.65. The normalized spacial score (nSPS) is 23.3. The second-order valence-corrected chi connectivity index (χ2v) is 6.75. The summed E-state index contributed by atoms with van der Waals surface area (Å²) < 4.78 is 0. The highest BCUT2D eigenvalue weighted by atomic mass is 16.2. The minimum absolute atomic E-state index is 0.0139. The molecular weight excluding hydrogens is 276 g/mol. The zero-order valence-corrected chi connectivity index (χ0v) is 13.4. The van der Waals surface area contributed by atoms with Gasteiger partial charge in [0, 0.05) is 14.1 Å². The van der Waals surface area contributed by atoms with E-state index >= 15 is 0 Å². The van der Waals surface area contributed by atoms with Gasteiger partial charge in [0.05, 0.1) is 11.5 Å². The number of nitrogens with zero attached hydrogens (tertiary/aromatic N) is 2. The molecule has 1 unspecified atom stereocenters. The first-order valence-corrected chi connectivity index (χ1v) is 8.12. The van der Waals surface area contributed by atoms with Gasteiger partial charge in [-0.25, -0.2) is 0 Å². The minimum atomic E-state index is -0.258. The Bertz CT molecular complexity index is 562. The van der Waals surface area contributed by atoms with Crippen molar-refractivity contribution >= 4 is 11.8 Å². The van der Waals surface area contributed by atoms with Gasteiger partial charge in [0.15, 0.2) is 0 Å². The fourth-order valence-corrected chi connectivity index (χ4v) is 4.01. The van der Waals surface area contributed by atoms with E-state index in [9.17, 15) is 9.59 Å². The molecule has 0 aromatic heterocycles. The van der Waals surface area contributed by atoms with E-state index in [1.54, 1.807) is 23.9 Å². The van der Waals surface area contributed by atoms with Gasteiger partial charge in [-0.15, -0.1) is 0 Å². The Balaban J connectivity index is 1.90. The van der Waals surface area contributed by atoms with Crippen molar-refractivity contribution < 1.29 is 9.59 Å². The fourth-order valence-electron chi connectivity index (χ4n) is 4.01. The molecule has 1 aliphatic carbocycles. The van der Waals surface area contributed by atoms with Gasteiger partial charge in [-0.2, -0.15) is 0 Å². The van der Waals surface area contributed by atoms with Crippen LogP contribution in [0.5, 0.6) is 0 Å². The third-order valence-corrected chi connectivity index (χ3v) is 5.19. The number of likely N-dealkylation sites (tertiary alicyclic amines) is 1. The average molecular weight is 300 g/mol. The second kappa shape index (κ2) is 5.75. The fraction of sp³-hybridized carbons (Fsp3) is 0.556. The van der Waals surface area contributed by atoms with Crippen molar-refractivity contribution in [2.24, 2.45) is 5.41 Å². The van der Waals surface area contributed by atoms with E-state index in [0.717, 1.165) is 31.2 Å². The molecule has 0 N–H and O–H groups in total.